The number of rotatable bonds is 9. The van der Waals surface area contributed by atoms with Gasteiger partial charge in [0.25, 0.3) is 5.91 Å². The van der Waals surface area contributed by atoms with Gasteiger partial charge in [-0.05, 0) is 48.2 Å². The van der Waals surface area contributed by atoms with Gasteiger partial charge in [-0.1, -0.05) is 31.2 Å². The Morgan fingerprint density at radius 3 is 2.49 bits per heavy atom. The predicted octanol–water partition coefficient (Wildman–Crippen LogP) is 3.70. The van der Waals surface area contributed by atoms with Crippen LogP contribution in [0.15, 0.2) is 65.8 Å². The monoisotopic (exact) mass is 526 g/mol. The molecule has 1 aliphatic rings. The normalized spacial score (nSPS) is 16.4. The zero-order valence-corrected chi connectivity index (χ0v) is 21.0. The summed E-state index contributed by atoms with van der Waals surface area (Å²) in [6.45, 7) is 2.23. The average Bonchev–Trinajstić information content (AvgIpc) is 3.38. The third kappa shape index (κ3) is 6.11. The molecule has 2 heterocycles. The maximum Gasteiger partial charge on any atom is 0.305 e. The van der Waals surface area contributed by atoms with Crippen molar-refractivity contribution in [3.05, 3.63) is 83.4 Å². The first-order valence-electron chi connectivity index (χ1n) is 11.9. The fourth-order valence-corrected chi connectivity index (χ4v) is 5.28. The summed E-state index contributed by atoms with van der Waals surface area (Å²) in [4.78, 5) is 35.1. The van der Waals surface area contributed by atoms with Gasteiger partial charge in [0.1, 0.15) is 5.82 Å². The highest BCUT2D eigenvalue weighted by Gasteiger charge is 2.28. The lowest BCUT2D eigenvalue weighted by Crippen LogP contribution is -2.31. The molecule has 4 rings (SSSR count). The number of nitrogens with zero attached hydrogens (tertiary/aromatic N) is 3. The number of aromatic nitrogens is 2. The molecule has 194 valence electrons. The molecule has 37 heavy (non-hydrogen) atoms. The number of halogens is 1. The number of aliphatic carboxylic acids is 1. The van der Waals surface area contributed by atoms with Crippen LogP contribution < -0.4 is 10.2 Å². The topological polar surface area (TPSA) is 130 Å². The van der Waals surface area contributed by atoms with Crippen molar-refractivity contribution >= 4 is 27.7 Å². The first kappa shape index (κ1) is 26.2. The molecule has 0 bridgehead atoms. The number of hydrogen-bond donors (Lipinski definition) is 2. The highest BCUT2D eigenvalue weighted by molar-refractivity contribution is 7.91. The van der Waals surface area contributed by atoms with Gasteiger partial charge in [-0.2, -0.15) is 0 Å². The van der Waals surface area contributed by atoms with E-state index in [1.165, 1.54) is 55.7 Å². The number of carbonyl (C=O) groups excluding carboxylic acids is 1. The molecule has 2 aromatic carbocycles. The van der Waals surface area contributed by atoms with Crippen LogP contribution in [0.2, 0.25) is 0 Å². The molecule has 1 aromatic heterocycles. The largest absolute Gasteiger partial charge is 0.481 e. The molecule has 3 aromatic rings. The molecular formula is C26H27FN4O5S. The molecule has 0 spiro atoms. The van der Waals surface area contributed by atoms with E-state index in [9.17, 15) is 27.5 Å². The van der Waals surface area contributed by atoms with E-state index in [2.05, 4.69) is 15.3 Å². The third-order valence-electron chi connectivity index (χ3n) is 6.35. The van der Waals surface area contributed by atoms with Gasteiger partial charge >= 0.3 is 5.97 Å². The number of sulfone groups is 1. The van der Waals surface area contributed by atoms with Crippen LogP contribution in [-0.2, 0) is 14.6 Å². The van der Waals surface area contributed by atoms with Crippen molar-refractivity contribution in [1.82, 2.24) is 15.3 Å². The zero-order valence-electron chi connectivity index (χ0n) is 20.2. The number of benzene rings is 2. The van der Waals surface area contributed by atoms with Crippen molar-refractivity contribution in [1.29, 1.82) is 0 Å². The maximum absolute atomic E-state index is 13.7. The van der Waals surface area contributed by atoms with Crippen LogP contribution in [0.25, 0.3) is 0 Å². The van der Waals surface area contributed by atoms with E-state index in [1.807, 2.05) is 11.0 Å². The van der Waals surface area contributed by atoms with Crippen LogP contribution in [0.1, 0.15) is 59.8 Å². The van der Waals surface area contributed by atoms with Crippen LogP contribution in [-0.4, -0.2) is 47.7 Å². The van der Waals surface area contributed by atoms with Crippen LogP contribution >= 0.6 is 0 Å². The summed E-state index contributed by atoms with van der Waals surface area (Å²) in [5.74, 6) is -1.64. The van der Waals surface area contributed by atoms with E-state index >= 15 is 0 Å². The maximum atomic E-state index is 13.7. The molecule has 1 aliphatic heterocycles. The van der Waals surface area contributed by atoms with Gasteiger partial charge in [-0.25, -0.2) is 22.8 Å². The second-order valence-electron chi connectivity index (χ2n) is 8.77. The predicted molar refractivity (Wildman–Crippen MR) is 134 cm³/mol. The lowest BCUT2D eigenvalue weighted by Gasteiger charge is -2.25. The molecule has 0 saturated carbocycles. The van der Waals surface area contributed by atoms with Gasteiger partial charge in [-0.3, -0.25) is 9.59 Å². The van der Waals surface area contributed by atoms with E-state index in [-0.39, 0.29) is 28.1 Å². The second-order valence-corrected chi connectivity index (χ2v) is 11.1. The first-order valence-corrected chi connectivity index (χ1v) is 13.5. The third-order valence-corrected chi connectivity index (χ3v) is 8.10. The molecule has 9 nitrogen and oxygen atoms in total. The highest BCUT2D eigenvalue weighted by atomic mass is 32.2. The number of anilines is 1. The van der Waals surface area contributed by atoms with E-state index in [4.69, 9.17) is 0 Å². The summed E-state index contributed by atoms with van der Waals surface area (Å²) >= 11 is 0. The Bertz CT molecular complexity index is 1380. The minimum Gasteiger partial charge on any atom is -0.481 e. The number of carboxylic acid groups (broad SMARTS) is 1. The molecule has 2 atom stereocenters. The van der Waals surface area contributed by atoms with Gasteiger partial charge in [0.15, 0.2) is 9.84 Å². The number of carboxylic acids is 1. The molecule has 2 N–H and O–H groups in total. The van der Waals surface area contributed by atoms with E-state index < -0.39 is 34.2 Å². The average molecular weight is 527 g/mol. The summed E-state index contributed by atoms with van der Waals surface area (Å²) < 4.78 is 37.9. The van der Waals surface area contributed by atoms with Crippen molar-refractivity contribution in [2.24, 2.45) is 0 Å². The number of amides is 1. The summed E-state index contributed by atoms with van der Waals surface area (Å²) in [6.07, 6.45) is 4.06. The van der Waals surface area contributed by atoms with E-state index in [1.54, 1.807) is 6.07 Å². The lowest BCUT2D eigenvalue weighted by molar-refractivity contribution is -0.137. The summed E-state index contributed by atoms with van der Waals surface area (Å²) in [7, 11) is -3.41. The molecule has 11 heteroatoms. The van der Waals surface area contributed by atoms with Gasteiger partial charge in [0.05, 0.1) is 34.7 Å². The fraction of sp³-hybridized carbons (Fsp3) is 0.308. The number of nitrogens with one attached hydrogen (secondary N) is 1. The molecule has 1 unspecified atom stereocenters. The highest BCUT2D eigenvalue weighted by Crippen LogP contribution is 2.34. The Labute approximate surface area is 214 Å². The number of carbonyl (C=O) groups is 2. The fourth-order valence-electron chi connectivity index (χ4n) is 4.40. The Hall–Kier alpha value is -3.86. The van der Waals surface area contributed by atoms with Gasteiger partial charge < -0.3 is 15.3 Å². The van der Waals surface area contributed by atoms with Gasteiger partial charge in [0.2, 0.25) is 5.95 Å². The minimum absolute atomic E-state index is 0.0575. The van der Waals surface area contributed by atoms with Crippen LogP contribution in [0.4, 0.5) is 10.3 Å². The van der Waals surface area contributed by atoms with Crippen molar-refractivity contribution in [2.75, 3.05) is 17.2 Å². The van der Waals surface area contributed by atoms with Crippen LogP contribution in [0.3, 0.4) is 0 Å². The molecule has 1 fully saturated rings. The summed E-state index contributed by atoms with van der Waals surface area (Å²) in [5.41, 5.74) is 1.43. The molecule has 1 amide bonds. The standard InChI is InChI=1S/C26H27FN4O5S/c1-2-37(35,36)21-10-8-17(9-11-21)22(14-24(32)33)30-25(34)19-15-28-26(29-16-19)31-12-4-7-23(31)18-5-3-6-20(27)13-18/h3,5-6,8-11,13,15-16,22-23H,2,4,7,12,14H2,1H3,(H,30,34)(H,32,33)/t22-,23?/m0/s1. The zero-order chi connectivity index (χ0) is 26.6. The molecule has 1 saturated heterocycles. The number of hydrogen-bond acceptors (Lipinski definition) is 7. The minimum atomic E-state index is -3.41. The van der Waals surface area contributed by atoms with Crippen molar-refractivity contribution < 1.29 is 27.5 Å². The second kappa shape index (κ2) is 11.0. The molecular weight excluding hydrogens is 499 g/mol. The summed E-state index contributed by atoms with van der Waals surface area (Å²) in [6, 6.07) is 11.2. The van der Waals surface area contributed by atoms with E-state index in [0.717, 1.165) is 18.4 Å². The first-order chi connectivity index (χ1) is 17.7. The van der Waals surface area contributed by atoms with Gasteiger partial charge in [0, 0.05) is 18.9 Å². The molecule has 0 radical (unpaired) electrons. The Kier molecular flexibility index (Phi) is 7.82. The van der Waals surface area contributed by atoms with Crippen LogP contribution in [0, 0.1) is 5.82 Å². The Balaban J connectivity index is 1.49. The Morgan fingerprint density at radius 2 is 1.86 bits per heavy atom. The lowest BCUT2D eigenvalue weighted by atomic mass is 10.0. The van der Waals surface area contributed by atoms with Crippen LogP contribution in [0.5, 0.6) is 0 Å². The molecule has 0 aliphatic carbocycles. The van der Waals surface area contributed by atoms with Gasteiger partial charge in [-0.15, -0.1) is 0 Å². The quantitative estimate of drug-likeness (QED) is 0.432. The SMILES string of the molecule is CCS(=O)(=O)c1ccc([C@H](CC(=O)O)NC(=O)c2cnc(N3CCCC3c3cccc(F)c3)nc2)cc1. The van der Waals surface area contributed by atoms with Crippen molar-refractivity contribution in [3.8, 4) is 0 Å². The smallest absolute Gasteiger partial charge is 0.305 e. The summed E-state index contributed by atoms with van der Waals surface area (Å²) in [5, 5.41) is 12.0. The van der Waals surface area contributed by atoms with Crippen molar-refractivity contribution in [3.63, 3.8) is 0 Å². The van der Waals surface area contributed by atoms with E-state index in [0.29, 0.717) is 18.1 Å². The van der Waals surface area contributed by atoms with Crippen molar-refractivity contribution in [2.45, 2.75) is 43.2 Å². The Morgan fingerprint density at radius 1 is 1.16 bits per heavy atom.